The minimum absolute atomic E-state index is 0.0920. The lowest BCUT2D eigenvalue weighted by atomic mass is 10.1. The Labute approximate surface area is 173 Å². The van der Waals surface area contributed by atoms with E-state index in [1.807, 2.05) is 24.3 Å². The summed E-state index contributed by atoms with van der Waals surface area (Å²) in [5.41, 5.74) is 2.16. The molecule has 0 amide bonds. The Morgan fingerprint density at radius 2 is 1.78 bits per heavy atom. The molecule has 1 atom stereocenters. The molecule has 2 aromatic rings. The third kappa shape index (κ3) is 6.81. The molecule has 27 heavy (non-hydrogen) atoms. The average molecular weight is 425 g/mol. The summed E-state index contributed by atoms with van der Waals surface area (Å²) in [6.07, 6.45) is 3.74. The molecule has 1 unspecified atom stereocenters. The van der Waals surface area contributed by atoms with Gasteiger partial charge in [0.05, 0.1) is 22.3 Å². The zero-order valence-electron chi connectivity index (χ0n) is 15.8. The molecule has 146 valence electrons. The van der Waals surface area contributed by atoms with Crippen LogP contribution in [0.4, 0.5) is 0 Å². The van der Waals surface area contributed by atoms with Crippen molar-refractivity contribution in [3.8, 4) is 5.75 Å². The fraction of sp³-hybridized carbons (Fsp3) is 0.429. The first-order chi connectivity index (χ1) is 13.0. The van der Waals surface area contributed by atoms with Gasteiger partial charge in [0.15, 0.2) is 9.04 Å². The molecule has 1 aliphatic carbocycles. The Morgan fingerprint density at radius 3 is 2.41 bits per heavy atom. The molecule has 0 spiro atoms. The summed E-state index contributed by atoms with van der Waals surface area (Å²) in [7, 11) is -0.991. The van der Waals surface area contributed by atoms with E-state index >= 15 is 0 Å². The van der Waals surface area contributed by atoms with Gasteiger partial charge < -0.3 is 13.9 Å². The van der Waals surface area contributed by atoms with Crippen molar-refractivity contribution in [1.82, 2.24) is 0 Å². The van der Waals surface area contributed by atoms with Crippen LogP contribution in [-0.4, -0.2) is 21.8 Å². The highest BCUT2D eigenvalue weighted by molar-refractivity contribution is 6.48. The van der Waals surface area contributed by atoms with Crippen molar-refractivity contribution in [2.24, 2.45) is 0 Å². The lowest BCUT2D eigenvalue weighted by Crippen LogP contribution is -2.14. The Kier molecular flexibility index (Phi) is 7.62. The van der Waals surface area contributed by atoms with Crippen LogP contribution in [0.25, 0.3) is 0 Å². The first kappa shape index (κ1) is 20.7. The van der Waals surface area contributed by atoms with Crippen molar-refractivity contribution in [2.45, 2.75) is 51.2 Å². The molecule has 0 aliphatic heterocycles. The monoisotopic (exact) mass is 424 g/mol. The maximum atomic E-state index is 6.19. The average Bonchev–Trinajstić information content (AvgIpc) is 3.46. The van der Waals surface area contributed by atoms with Crippen molar-refractivity contribution in [3.63, 3.8) is 0 Å². The summed E-state index contributed by atoms with van der Waals surface area (Å²) >= 11 is 12.0. The second-order valence-corrected chi connectivity index (χ2v) is 10.4. The Bertz CT molecular complexity index is 733. The third-order valence-corrected chi connectivity index (χ3v) is 6.00. The van der Waals surface area contributed by atoms with E-state index in [9.17, 15) is 0 Å². The van der Waals surface area contributed by atoms with E-state index in [1.165, 1.54) is 18.4 Å². The van der Waals surface area contributed by atoms with Crippen LogP contribution in [0.5, 0.6) is 5.75 Å². The molecule has 1 aliphatic rings. The molecule has 6 heteroatoms. The van der Waals surface area contributed by atoms with E-state index < -0.39 is 9.04 Å². The Balaban J connectivity index is 1.57. The van der Waals surface area contributed by atoms with E-state index in [0.29, 0.717) is 22.8 Å². The Morgan fingerprint density at radius 1 is 1.04 bits per heavy atom. The molecule has 3 nitrogen and oxygen atoms in total. The van der Waals surface area contributed by atoms with Crippen molar-refractivity contribution in [2.75, 3.05) is 6.61 Å². The van der Waals surface area contributed by atoms with Gasteiger partial charge in [-0.1, -0.05) is 41.4 Å². The van der Waals surface area contributed by atoms with Crippen LogP contribution in [0, 0.1) is 0 Å². The van der Waals surface area contributed by atoms with Crippen molar-refractivity contribution < 1.29 is 13.9 Å². The highest BCUT2D eigenvalue weighted by Gasteiger charge is 2.27. The molecule has 3 rings (SSSR count). The summed E-state index contributed by atoms with van der Waals surface area (Å²) in [4.78, 5) is 0. The highest BCUT2D eigenvalue weighted by Crippen LogP contribution is 2.33. The van der Waals surface area contributed by atoms with Crippen molar-refractivity contribution >= 4 is 32.2 Å². The van der Waals surface area contributed by atoms with Gasteiger partial charge in [-0.25, -0.2) is 0 Å². The molecule has 0 heterocycles. The first-order valence-electron chi connectivity index (χ1n) is 9.45. The Hall–Kier alpha value is -1.04. The molecule has 0 saturated heterocycles. The molecule has 1 saturated carbocycles. The summed E-state index contributed by atoms with van der Waals surface area (Å²) in [5.74, 6) is 0.820. The highest BCUT2D eigenvalue weighted by atomic mass is 35.5. The molecule has 2 aromatic carbocycles. The number of hydrogen-bond acceptors (Lipinski definition) is 3. The van der Waals surface area contributed by atoms with Gasteiger partial charge in [0, 0.05) is 6.61 Å². The van der Waals surface area contributed by atoms with E-state index in [4.69, 9.17) is 37.1 Å². The molecule has 1 fully saturated rings. The number of rotatable bonds is 10. The van der Waals surface area contributed by atoms with Crippen LogP contribution in [-0.2, 0) is 15.8 Å². The summed E-state index contributed by atoms with van der Waals surface area (Å²) in [6, 6.07) is 13.7. The molecule has 0 radical (unpaired) electrons. The topological polar surface area (TPSA) is 27.7 Å². The number of halogens is 2. The summed E-state index contributed by atoms with van der Waals surface area (Å²) < 4.78 is 17.9. The van der Waals surface area contributed by atoms with Crippen LogP contribution >= 0.6 is 23.2 Å². The van der Waals surface area contributed by atoms with Gasteiger partial charge in [-0.2, -0.15) is 0 Å². The zero-order valence-corrected chi connectivity index (χ0v) is 18.5. The van der Waals surface area contributed by atoms with Gasteiger partial charge in [-0.05, 0) is 67.7 Å². The van der Waals surface area contributed by atoms with Crippen molar-refractivity contribution in [3.05, 3.63) is 63.6 Å². The fourth-order valence-corrected chi connectivity index (χ4v) is 3.66. The van der Waals surface area contributed by atoms with Gasteiger partial charge in [0.2, 0.25) is 0 Å². The third-order valence-electron chi connectivity index (χ3n) is 4.35. The minimum atomic E-state index is -0.991. The van der Waals surface area contributed by atoms with Gasteiger partial charge in [-0.3, -0.25) is 0 Å². The van der Waals surface area contributed by atoms with Crippen LogP contribution < -0.4 is 4.74 Å². The normalized spacial score (nSPS) is 15.1. The number of ether oxygens (including phenoxy) is 2. The van der Waals surface area contributed by atoms with Gasteiger partial charge in [0.1, 0.15) is 12.4 Å². The predicted molar refractivity (Wildman–Crippen MR) is 114 cm³/mol. The molecular formula is C21H26Cl2O3Si. The molecule has 0 bridgehead atoms. The number of hydrogen-bond donors (Lipinski definition) is 0. The van der Waals surface area contributed by atoms with E-state index in [0.717, 1.165) is 24.3 Å². The predicted octanol–water partition coefficient (Wildman–Crippen LogP) is 6.18. The SMILES string of the molecule is C[SiH](C)OCCC(OC1CC1)c1ccc(OCc2ccc(Cl)c(Cl)c2)cc1. The largest absolute Gasteiger partial charge is 0.489 e. The fourth-order valence-electron chi connectivity index (χ4n) is 2.74. The van der Waals surface area contributed by atoms with Crippen LogP contribution in [0.1, 0.15) is 36.5 Å². The second-order valence-electron chi connectivity index (χ2n) is 7.14. The van der Waals surface area contributed by atoms with E-state index in [2.05, 4.69) is 25.2 Å². The first-order valence-corrected chi connectivity index (χ1v) is 13.0. The maximum absolute atomic E-state index is 6.19. The van der Waals surface area contributed by atoms with Gasteiger partial charge >= 0.3 is 0 Å². The number of benzene rings is 2. The summed E-state index contributed by atoms with van der Waals surface area (Å²) in [6.45, 7) is 5.59. The van der Waals surface area contributed by atoms with Crippen LogP contribution in [0.3, 0.4) is 0 Å². The summed E-state index contributed by atoms with van der Waals surface area (Å²) in [5, 5.41) is 1.09. The lowest BCUT2D eigenvalue weighted by Gasteiger charge is -2.19. The maximum Gasteiger partial charge on any atom is 0.170 e. The van der Waals surface area contributed by atoms with E-state index in [-0.39, 0.29) is 6.10 Å². The molecular weight excluding hydrogens is 399 g/mol. The molecule has 0 N–H and O–H groups in total. The van der Waals surface area contributed by atoms with E-state index in [1.54, 1.807) is 6.07 Å². The van der Waals surface area contributed by atoms with Gasteiger partial charge in [-0.15, -0.1) is 0 Å². The zero-order chi connectivity index (χ0) is 19.2. The second kappa shape index (κ2) is 9.94. The van der Waals surface area contributed by atoms with Crippen LogP contribution in [0.2, 0.25) is 23.1 Å². The quantitative estimate of drug-likeness (QED) is 0.425. The van der Waals surface area contributed by atoms with Crippen LogP contribution in [0.15, 0.2) is 42.5 Å². The van der Waals surface area contributed by atoms with Gasteiger partial charge in [0.25, 0.3) is 0 Å². The smallest absolute Gasteiger partial charge is 0.170 e. The minimum Gasteiger partial charge on any atom is -0.489 e. The molecule has 0 aromatic heterocycles. The standard InChI is InChI=1S/C21H26Cl2O3Si/c1-27(2)25-12-11-21(26-18-8-9-18)16-4-6-17(7-5-16)24-14-15-3-10-19(22)20(23)13-15/h3-7,10,13,18,21,27H,8-9,11-12,14H2,1-2H3. The lowest BCUT2D eigenvalue weighted by molar-refractivity contribution is 0.0246. The van der Waals surface area contributed by atoms with Crippen molar-refractivity contribution in [1.29, 1.82) is 0 Å².